The zero-order valence-electron chi connectivity index (χ0n) is 15.9. The molecule has 4 rings (SSSR count). The zero-order valence-corrected chi connectivity index (χ0v) is 16.7. The Kier molecular flexibility index (Phi) is 5.09. The van der Waals surface area contributed by atoms with Crippen LogP contribution in [0.25, 0.3) is 0 Å². The van der Waals surface area contributed by atoms with Crippen LogP contribution < -0.4 is 10.2 Å². The van der Waals surface area contributed by atoms with Crippen LogP contribution in [0.15, 0.2) is 53.5 Å². The van der Waals surface area contributed by atoms with E-state index in [1.807, 2.05) is 67.3 Å². The Morgan fingerprint density at radius 1 is 1.21 bits per heavy atom. The lowest BCUT2D eigenvalue weighted by Gasteiger charge is -2.32. The van der Waals surface area contributed by atoms with Gasteiger partial charge in [-0.1, -0.05) is 47.7 Å². The van der Waals surface area contributed by atoms with E-state index in [0.717, 1.165) is 22.5 Å². The Hall–Kier alpha value is -2.80. The van der Waals surface area contributed by atoms with E-state index in [4.69, 9.17) is 0 Å². The number of thioether (sulfide) groups is 1. The van der Waals surface area contributed by atoms with Crippen LogP contribution in [0, 0.1) is 13.8 Å². The van der Waals surface area contributed by atoms with Gasteiger partial charge in [-0.05, 0) is 37.6 Å². The molecular formula is C21H22N4O2S. The number of para-hydroxylation sites is 1. The van der Waals surface area contributed by atoms with E-state index >= 15 is 0 Å². The molecule has 6 nitrogen and oxygen atoms in total. The van der Waals surface area contributed by atoms with Gasteiger partial charge in [-0.2, -0.15) is 0 Å². The quantitative estimate of drug-likeness (QED) is 0.864. The number of amides is 2. The Bertz CT molecular complexity index is 945. The van der Waals surface area contributed by atoms with E-state index in [9.17, 15) is 9.59 Å². The van der Waals surface area contributed by atoms with Gasteiger partial charge < -0.3 is 10.2 Å². The van der Waals surface area contributed by atoms with Crippen molar-refractivity contribution in [2.45, 2.75) is 25.5 Å². The molecule has 0 saturated carbocycles. The third-order valence-corrected chi connectivity index (χ3v) is 6.07. The second-order valence-corrected chi connectivity index (χ2v) is 8.21. The van der Waals surface area contributed by atoms with E-state index in [2.05, 4.69) is 10.3 Å². The van der Waals surface area contributed by atoms with Gasteiger partial charge in [-0.15, -0.1) is 0 Å². The first kappa shape index (κ1) is 18.6. The number of hydrogen-bond acceptors (Lipinski definition) is 5. The fourth-order valence-corrected chi connectivity index (χ4v) is 4.50. The monoisotopic (exact) mass is 394 g/mol. The summed E-state index contributed by atoms with van der Waals surface area (Å²) in [5.41, 5.74) is 3.98. The number of carbonyl (C=O) groups is 2. The standard InChI is InChI=1S/C21H22N4O2S/c1-14-8-9-17(15(2)10-14)23-19(26)11-18-20(27)25-13-24(12-22-21(25)28-18)16-6-4-3-5-7-16/h3-10,18H,11-13H2,1-2H3,(H,23,26)/t18-/m0/s1. The average molecular weight is 395 g/mol. The first-order valence-corrected chi connectivity index (χ1v) is 10.1. The molecule has 2 heterocycles. The SMILES string of the molecule is Cc1ccc(NC(=O)C[C@@H]2SC3=NCN(c4ccccc4)CN3C2=O)c(C)c1. The van der Waals surface area contributed by atoms with Crippen molar-refractivity contribution in [1.82, 2.24) is 4.90 Å². The molecule has 7 heteroatoms. The predicted molar refractivity (Wildman–Crippen MR) is 113 cm³/mol. The summed E-state index contributed by atoms with van der Waals surface area (Å²) in [6, 6.07) is 15.8. The van der Waals surface area contributed by atoms with Crippen LogP contribution in [0.2, 0.25) is 0 Å². The van der Waals surface area contributed by atoms with Gasteiger partial charge in [0.1, 0.15) is 18.6 Å². The van der Waals surface area contributed by atoms with Crippen molar-refractivity contribution in [2.24, 2.45) is 4.99 Å². The van der Waals surface area contributed by atoms with E-state index < -0.39 is 5.25 Å². The molecule has 0 aliphatic carbocycles. The molecular weight excluding hydrogens is 372 g/mol. The summed E-state index contributed by atoms with van der Waals surface area (Å²) < 4.78 is 0. The highest BCUT2D eigenvalue weighted by Gasteiger charge is 2.41. The molecule has 0 bridgehead atoms. The fraction of sp³-hybridized carbons (Fsp3) is 0.286. The van der Waals surface area contributed by atoms with Crippen molar-refractivity contribution in [3.8, 4) is 0 Å². The number of nitrogens with zero attached hydrogens (tertiary/aromatic N) is 3. The minimum Gasteiger partial charge on any atom is -0.334 e. The Labute approximate surface area is 168 Å². The first-order chi connectivity index (χ1) is 13.5. The van der Waals surface area contributed by atoms with Gasteiger partial charge in [0.05, 0.1) is 0 Å². The molecule has 28 heavy (non-hydrogen) atoms. The van der Waals surface area contributed by atoms with Crippen LogP contribution in [-0.2, 0) is 9.59 Å². The number of benzene rings is 2. The van der Waals surface area contributed by atoms with E-state index in [1.165, 1.54) is 11.8 Å². The highest BCUT2D eigenvalue weighted by molar-refractivity contribution is 8.15. The molecule has 1 fully saturated rings. The lowest BCUT2D eigenvalue weighted by Crippen LogP contribution is -2.46. The second-order valence-electron chi connectivity index (χ2n) is 7.04. The highest BCUT2D eigenvalue weighted by Crippen LogP contribution is 2.33. The molecule has 0 radical (unpaired) electrons. The van der Waals surface area contributed by atoms with Crippen LogP contribution in [0.1, 0.15) is 17.5 Å². The third kappa shape index (κ3) is 3.75. The number of rotatable bonds is 4. The van der Waals surface area contributed by atoms with Crippen LogP contribution in [-0.4, -0.2) is 40.5 Å². The van der Waals surface area contributed by atoms with E-state index in [-0.39, 0.29) is 18.2 Å². The number of aliphatic imine (C=N–C) groups is 1. The summed E-state index contributed by atoms with van der Waals surface area (Å²) in [7, 11) is 0. The Morgan fingerprint density at radius 2 is 2.00 bits per heavy atom. The first-order valence-electron chi connectivity index (χ1n) is 9.21. The molecule has 2 aliphatic rings. The summed E-state index contributed by atoms with van der Waals surface area (Å²) in [5, 5.41) is 3.21. The van der Waals surface area contributed by atoms with Gasteiger partial charge in [-0.25, -0.2) is 4.99 Å². The van der Waals surface area contributed by atoms with Crippen molar-refractivity contribution < 1.29 is 9.59 Å². The van der Waals surface area contributed by atoms with Gasteiger partial charge >= 0.3 is 0 Å². The molecule has 0 spiro atoms. The van der Waals surface area contributed by atoms with E-state index in [0.29, 0.717) is 18.5 Å². The number of fused-ring (bicyclic) bond motifs is 1. The molecule has 2 aliphatic heterocycles. The summed E-state index contributed by atoms with van der Waals surface area (Å²) in [6.45, 7) is 4.95. The van der Waals surface area contributed by atoms with Gasteiger partial charge in [-0.3, -0.25) is 14.5 Å². The summed E-state index contributed by atoms with van der Waals surface area (Å²) >= 11 is 1.38. The molecule has 2 amide bonds. The maximum atomic E-state index is 12.8. The lowest BCUT2D eigenvalue weighted by atomic mass is 10.1. The van der Waals surface area contributed by atoms with Crippen LogP contribution in [0.3, 0.4) is 0 Å². The predicted octanol–water partition coefficient (Wildman–Crippen LogP) is 3.37. The van der Waals surface area contributed by atoms with Crippen LogP contribution in [0.4, 0.5) is 11.4 Å². The molecule has 144 valence electrons. The van der Waals surface area contributed by atoms with E-state index in [1.54, 1.807) is 4.90 Å². The Morgan fingerprint density at radius 3 is 2.75 bits per heavy atom. The van der Waals surface area contributed by atoms with Crippen molar-refractivity contribution in [1.29, 1.82) is 0 Å². The molecule has 1 atom stereocenters. The second kappa shape index (κ2) is 7.67. The molecule has 0 aromatic heterocycles. The van der Waals surface area contributed by atoms with Crippen LogP contribution >= 0.6 is 11.8 Å². The summed E-state index contributed by atoms with van der Waals surface area (Å²) in [6.07, 6.45) is 0.137. The largest absolute Gasteiger partial charge is 0.334 e. The molecule has 1 saturated heterocycles. The number of amidine groups is 1. The van der Waals surface area contributed by atoms with Crippen molar-refractivity contribution in [2.75, 3.05) is 23.6 Å². The maximum absolute atomic E-state index is 12.8. The molecule has 0 unspecified atom stereocenters. The zero-order chi connectivity index (χ0) is 19.7. The number of nitrogens with one attached hydrogen (secondary N) is 1. The van der Waals surface area contributed by atoms with Gasteiger partial charge in [0.15, 0.2) is 5.17 Å². The van der Waals surface area contributed by atoms with Gasteiger partial charge in [0.25, 0.3) is 0 Å². The minimum absolute atomic E-state index is 0.0554. The smallest absolute Gasteiger partial charge is 0.244 e. The number of hydrogen-bond donors (Lipinski definition) is 1. The third-order valence-electron chi connectivity index (χ3n) is 4.86. The van der Waals surface area contributed by atoms with Crippen molar-refractivity contribution in [3.05, 3.63) is 59.7 Å². The Balaban J connectivity index is 1.40. The minimum atomic E-state index is -0.430. The van der Waals surface area contributed by atoms with Crippen LogP contribution in [0.5, 0.6) is 0 Å². The number of anilines is 2. The lowest BCUT2D eigenvalue weighted by molar-refractivity contribution is -0.128. The number of aryl methyl sites for hydroxylation is 2. The topological polar surface area (TPSA) is 65.0 Å². The van der Waals surface area contributed by atoms with Gasteiger partial charge in [0, 0.05) is 17.8 Å². The van der Waals surface area contributed by atoms with Crippen molar-refractivity contribution in [3.63, 3.8) is 0 Å². The average Bonchev–Trinajstić information content (AvgIpc) is 3.00. The molecule has 1 N–H and O–H groups in total. The van der Waals surface area contributed by atoms with Gasteiger partial charge in [0.2, 0.25) is 11.8 Å². The highest BCUT2D eigenvalue weighted by atomic mass is 32.2. The fourth-order valence-electron chi connectivity index (χ4n) is 3.38. The molecule has 2 aromatic carbocycles. The molecule has 2 aromatic rings. The maximum Gasteiger partial charge on any atom is 0.244 e. The summed E-state index contributed by atoms with van der Waals surface area (Å²) in [4.78, 5) is 33.6. The summed E-state index contributed by atoms with van der Waals surface area (Å²) in [5.74, 6) is -0.210. The number of carbonyl (C=O) groups excluding carboxylic acids is 2. The normalized spacial score (nSPS) is 18.7. The van der Waals surface area contributed by atoms with Crippen molar-refractivity contribution >= 4 is 40.1 Å².